The summed E-state index contributed by atoms with van der Waals surface area (Å²) in [5.41, 5.74) is 1.41. The molecule has 2 rings (SSSR count). The Morgan fingerprint density at radius 2 is 1.74 bits per heavy atom. The number of rotatable bonds is 6. The molecule has 0 atom stereocenters. The van der Waals surface area contributed by atoms with Crippen molar-refractivity contribution in [2.24, 2.45) is 0 Å². The average molecular weight is 410 g/mol. The first-order chi connectivity index (χ1) is 12.5. The van der Waals surface area contributed by atoms with E-state index in [9.17, 15) is 13.2 Å². The maximum Gasteiger partial charge on any atom is 0.252 e. The molecule has 146 valence electrons. The highest BCUT2D eigenvalue weighted by atomic mass is 35.5. The molecule has 7 heteroatoms. The molecule has 0 aliphatic heterocycles. The van der Waals surface area contributed by atoms with Gasteiger partial charge in [0.15, 0.2) is 9.84 Å². The highest BCUT2D eigenvalue weighted by molar-refractivity contribution is 7.90. The topological polar surface area (TPSA) is 72.5 Å². The van der Waals surface area contributed by atoms with Gasteiger partial charge in [0.1, 0.15) is 12.4 Å². The number of hydrogen-bond donors (Lipinski definition) is 1. The Balaban J connectivity index is 1.91. The first-order valence-electron chi connectivity index (χ1n) is 8.49. The quantitative estimate of drug-likeness (QED) is 0.735. The molecule has 0 fully saturated rings. The Bertz CT molecular complexity index is 916. The van der Waals surface area contributed by atoms with Crippen molar-refractivity contribution in [3.05, 3.63) is 58.6 Å². The fourth-order valence-electron chi connectivity index (χ4n) is 2.39. The number of carbonyl (C=O) groups is 1. The van der Waals surface area contributed by atoms with Crippen LogP contribution in [0.3, 0.4) is 0 Å². The maximum atomic E-state index is 12.3. The second-order valence-electron chi connectivity index (χ2n) is 7.29. The highest BCUT2D eigenvalue weighted by Crippen LogP contribution is 2.24. The monoisotopic (exact) mass is 409 g/mol. The van der Waals surface area contributed by atoms with Crippen LogP contribution < -0.4 is 10.1 Å². The number of sulfone groups is 1. The molecule has 0 saturated carbocycles. The van der Waals surface area contributed by atoms with E-state index in [0.717, 1.165) is 6.26 Å². The van der Waals surface area contributed by atoms with Gasteiger partial charge in [-0.2, -0.15) is 0 Å². The third-order valence-corrected chi connectivity index (χ3v) is 5.43. The molecule has 0 heterocycles. The summed E-state index contributed by atoms with van der Waals surface area (Å²) in [6.07, 6.45) is 1.08. The predicted molar refractivity (Wildman–Crippen MR) is 108 cm³/mol. The van der Waals surface area contributed by atoms with Crippen molar-refractivity contribution in [1.29, 1.82) is 0 Å². The van der Waals surface area contributed by atoms with E-state index in [1.807, 2.05) is 24.3 Å². The molecule has 27 heavy (non-hydrogen) atoms. The van der Waals surface area contributed by atoms with Crippen molar-refractivity contribution in [3.8, 4) is 5.75 Å². The van der Waals surface area contributed by atoms with Crippen LogP contribution >= 0.6 is 11.6 Å². The van der Waals surface area contributed by atoms with Gasteiger partial charge in [-0.05, 0) is 41.3 Å². The van der Waals surface area contributed by atoms with Crippen molar-refractivity contribution < 1.29 is 17.9 Å². The molecule has 2 aromatic carbocycles. The number of carbonyl (C=O) groups excluding carboxylic acids is 1. The Morgan fingerprint density at radius 1 is 1.11 bits per heavy atom. The minimum Gasteiger partial charge on any atom is -0.492 e. The van der Waals surface area contributed by atoms with Crippen molar-refractivity contribution in [2.45, 2.75) is 31.1 Å². The predicted octanol–water partition coefficient (Wildman–Crippen LogP) is 3.85. The third-order valence-electron chi connectivity index (χ3n) is 3.99. The van der Waals surface area contributed by atoms with Crippen LogP contribution in [-0.2, 0) is 15.3 Å². The summed E-state index contributed by atoms with van der Waals surface area (Å²) in [5, 5.41) is 2.87. The molecule has 5 nitrogen and oxygen atoms in total. The van der Waals surface area contributed by atoms with E-state index in [1.165, 1.54) is 23.8 Å². The summed E-state index contributed by atoms with van der Waals surface area (Å²) in [6, 6.07) is 11.9. The van der Waals surface area contributed by atoms with Crippen LogP contribution in [0, 0.1) is 0 Å². The molecule has 0 unspecified atom stereocenters. The molecule has 0 radical (unpaired) electrons. The van der Waals surface area contributed by atoms with Crippen molar-refractivity contribution in [3.63, 3.8) is 0 Å². The van der Waals surface area contributed by atoms with Gasteiger partial charge in [0.25, 0.3) is 5.91 Å². The van der Waals surface area contributed by atoms with E-state index in [-0.39, 0.29) is 34.0 Å². The molecular weight excluding hydrogens is 386 g/mol. The Morgan fingerprint density at radius 3 is 2.30 bits per heavy atom. The molecular formula is C20H24ClNO4S. The minimum absolute atomic E-state index is 0.0484. The second-order valence-corrected chi connectivity index (χ2v) is 9.72. The molecule has 2 aromatic rings. The smallest absolute Gasteiger partial charge is 0.252 e. The summed E-state index contributed by atoms with van der Waals surface area (Å²) < 4.78 is 28.9. The SMILES string of the molecule is CC(C)(C)c1ccc(OCCNC(=O)c2cc(S(C)(=O)=O)ccc2Cl)cc1. The zero-order valence-corrected chi connectivity index (χ0v) is 17.4. The second kappa shape index (κ2) is 8.31. The van der Waals surface area contributed by atoms with Crippen LogP contribution in [0.4, 0.5) is 0 Å². The van der Waals surface area contributed by atoms with Gasteiger partial charge >= 0.3 is 0 Å². The van der Waals surface area contributed by atoms with Crippen LogP contribution in [0.25, 0.3) is 0 Å². The Labute approximate surface area is 165 Å². The zero-order chi connectivity index (χ0) is 20.2. The summed E-state index contributed by atoms with van der Waals surface area (Å²) in [5.74, 6) is 0.270. The van der Waals surface area contributed by atoms with Crippen LogP contribution in [0.5, 0.6) is 5.75 Å². The first kappa shape index (κ1) is 21.3. The van der Waals surface area contributed by atoms with Gasteiger partial charge in [0, 0.05) is 6.26 Å². The minimum atomic E-state index is -3.41. The van der Waals surface area contributed by atoms with E-state index in [2.05, 4.69) is 26.1 Å². The highest BCUT2D eigenvalue weighted by Gasteiger charge is 2.15. The molecule has 0 spiro atoms. The lowest BCUT2D eigenvalue weighted by Gasteiger charge is -2.19. The summed E-state index contributed by atoms with van der Waals surface area (Å²) in [4.78, 5) is 12.3. The van der Waals surface area contributed by atoms with Gasteiger partial charge in [-0.3, -0.25) is 4.79 Å². The van der Waals surface area contributed by atoms with Gasteiger partial charge in [-0.15, -0.1) is 0 Å². The van der Waals surface area contributed by atoms with Gasteiger partial charge in [-0.1, -0.05) is 44.5 Å². The molecule has 0 bridgehead atoms. The molecule has 0 aromatic heterocycles. The summed E-state index contributed by atoms with van der Waals surface area (Å²) >= 11 is 6.01. The summed E-state index contributed by atoms with van der Waals surface area (Å²) in [6.45, 7) is 6.97. The number of nitrogens with one attached hydrogen (secondary N) is 1. The number of ether oxygens (including phenoxy) is 1. The largest absolute Gasteiger partial charge is 0.492 e. The van der Waals surface area contributed by atoms with Crippen LogP contribution in [-0.4, -0.2) is 33.7 Å². The van der Waals surface area contributed by atoms with Gasteiger partial charge in [0.2, 0.25) is 0 Å². The zero-order valence-electron chi connectivity index (χ0n) is 15.9. The van der Waals surface area contributed by atoms with E-state index in [4.69, 9.17) is 16.3 Å². The average Bonchev–Trinajstić information content (AvgIpc) is 2.57. The van der Waals surface area contributed by atoms with E-state index < -0.39 is 15.7 Å². The normalized spacial score (nSPS) is 11.9. The van der Waals surface area contributed by atoms with Crippen LogP contribution in [0.15, 0.2) is 47.4 Å². The molecule has 0 saturated heterocycles. The number of hydrogen-bond acceptors (Lipinski definition) is 4. The molecule has 0 aliphatic rings. The Hall–Kier alpha value is -2.05. The standard InChI is InChI=1S/C20H24ClNO4S/c1-20(2,3)14-5-7-15(8-6-14)26-12-11-22-19(23)17-13-16(27(4,24)25)9-10-18(17)21/h5-10,13H,11-12H2,1-4H3,(H,22,23). The van der Waals surface area contributed by atoms with Gasteiger partial charge < -0.3 is 10.1 Å². The van der Waals surface area contributed by atoms with E-state index in [0.29, 0.717) is 5.75 Å². The lowest BCUT2D eigenvalue weighted by molar-refractivity contribution is 0.0947. The van der Waals surface area contributed by atoms with Gasteiger partial charge in [0.05, 0.1) is 22.0 Å². The molecule has 1 N–H and O–H groups in total. The lowest BCUT2D eigenvalue weighted by atomic mass is 9.87. The van der Waals surface area contributed by atoms with E-state index in [1.54, 1.807) is 0 Å². The van der Waals surface area contributed by atoms with Crippen molar-refractivity contribution in [1.82, 2.24) is 5.32 Å². The maximum absolute atomic E-state index is 12.3. The van der Waals surface area contributed by atoms with Crippen LogP contribution in [0.2, 0.25) is 5.02 Å². The summed E-state index contributed by atoms with van der Waals surface area (Å²) in [7, 11) is -3.41. The van der Waals surface area contributed by atoms with Crippen LogP contribution in [0.1, 0.15) is 36.7 Å². The van der Waals surface area contributed by atoms with Crippen molar-refractivity contribution >= 4 is 27.3 Å². The molecule has 0 aliphatic carbocycles. The fourth-order valence-corrected chi connectivity index (χ4v) is 3.24. The van der Waals surface area contributed by atoms with E-state index >= 15 is 0 Å². The number of benzene rings is 2. The van der Waals surface area contributed by atoms with Crippen molar-refractivity contribution in [2.75, 3.05) is 19.4 Å². The molecule has 1 amide bonds. The number of amides is 1. The Kier molecular flexibility index (Phi) is 6.54. The fraction of sp³-hybridized carbons (Fsp3) is 0.350. The first-order valence-corrected chi connectivity index (χ1v) is 10.8. The lowest BCUT2D eigenvalue weighted by Crippen LogP contribution is -2.28. The number of halogens is 1. The van der Waals surface area contributed by atoms with Gasteiger partial charge in [-0.25, -0.2) is 8.42 Å². The third kappa shape index (κ3) is 5.97.